The van der Waals surface area contributed by atoms with Crippen LogP contribution in [0.15, 0.2) is 42.5 Å². The summed E-state index contributed by atoms with van der Waals surface area (Å²) in [5, 5.41) is 3.57. The highest BCUT2D eigenvalue weighted by Gasteiger charge is 2.30. The summed E-state index contributed by atoms with van der Waals surface area (Å²) in [4.78, 5) is 27.6. The molecule has 1 atom stereocenters. The Morgan fingerprint density at radius 1 is 1.06 bits per heavy atom. The van der Waals surface area contributed by atoms with Crippen molar-refractivity contribution in [2.75, 3.05) is 17.1 Å². The van der Waals surface area contributed by atoms with E-state index in [0.29, 0.717) is 15.6 Å². The fourth-order valence-corrected chi connectivity index (χ4v) is 5.03. The van der Waals surface area contributed by atoms with Gasteiger partial charge in [-0.15, -0.1) is 0 Å². The zero-order chi connectivity index (χ0) is 27.3. The van der Waals surface area contributed by atoms with Crippen LogP contribution < -0.4 is 9.62 Å². The summed E-state index contributed by atoms with van der Waals surface area (Å²) in [5.74, 6) is -1.44. The zero-order valence-electron chi connectivity index (χ0n) is 21.0. The van der Waals surface area contributed by atoms with Crippen molar-refractivity contribution in [3.05, 3.63) is 63.9 Å². The molecule has 0 aliphatic rings. The molecule has 198 valence electrons. The molecule has 2 amide bonds. The third-order valence-corrected chi connectivity index (χ3v) is 7.22. The lowest BCUT2D eigenvalue weighted by molar-refractivity contribution is -0.141. The van der Waals surface area contributed by atoms with E-state index in [1.54, 1.807) is 25.1 Å². The van der Waals surface area contributed by atoms with Gasteiger partial charge in [0.1, 0.15) is 11.9 Å². The van der Waals surface area contributed by atoms with Crippen LogP contribution in [0.5, 0.6) is 0 Å². The van der Waals surface area contributed by atoms with Crippen molar-refractivity contribution in [3.8, 4) is 0 Å². The molecular formula is C25H32Cl2FN3O4S. The number of anilines is 1. The van der Waals surface area contributed by atoms with Crippen LogP contribution in [0.25, 0.3) is 0 Å². The number of carbonyl (C=O) groups is 2. The molecule has 0 aliphatic heterocycles. The third-order valence-electron chi connectivity index (χ3n) is 5.33. The van der Waals surface area contributed by atoms with Crippen molar-refractivity contribution in [3.63, 3.8) is 0 Å². The molecule has 0 saturated heterocycles. The molecule has 1 N–H and O–H groups in total. The van der Waals surface area contributed by atoms with Gasteiger partial charge in [0.2, 0.25) is 21.8 Å². The second-order valence-corrected chi connectivity index (χ2v) is 12.2. The highest BCUT2D eigenvalue weighted by molar-refractivity contribution is 7.92. The number of para-hydroxylation sites is 1. The van der Waals surface area contributed by atoms with Crippen LogP contribution in [0.4, 0.5) is 10.1 Å². The number of halogens is 3. The minimum absolute atomic E-state index is 0.0147. The molecule has 0 spiro atoms. The number of hydrogen-bond donors (Lipinski definition) is 1. The van der Waals surface area contributed by atoms with Crippen LogP contribution >= 0.6 is 23.2 Å². The lowest BCUT2D eigenvalue weighted by Crippen LogP contribution is -2.52. The first-order valence-corrected chi connectivity index (χ1v) is 14.0. The van der Waals surface area contributed by atoms with Crippen molar-refractivity contribution < 1.29 is 22.4 Å². The molecule has 0 bridgehead atoms. The van der Waals surface area contributed by atoms with E-state index in [-0.39, 0.29) is 37.5 Å². The quantitative estimate of drug-likeness (QED) is 0.443. The molecule has 0 radical (unpaired) electrons. The van der Waals surface area contributed by atoms with E-state index >= 15 is 0 Å². The Hall–Kier alpha value is -2.36. The van der Waals surface area contributed by atoms with Crippen LogP contribution in [0.2, 0.25) is 10.0 Å². The molecule has 0 aromatic heterocycles. The van der Waals surface area contributed by atoms with Crippen molar-refractivity contribution in [1.29, 1.82) is 0 Å². The van der Waals surface area contributed by atoms with Gasteiger partial charge in [0.15, 0.2) is 0 Å². The first-order chi connectivity index (χ1) is 16.6. The fraction of sp³-hybridized carbons (Fsp3) is 0.440. The van der Waals surface area contributed by atoms with Gasteiger partial charge in [-0.2, -0.15) is 0 Å². The van der Waals surface area contributed by atoms with Crippen molar-refractivity contribution in [2.45, 2.75) is 58.7 Å². The van der Waals surface area contributed by atoms with Crippen molar-refractivity contribution in [2.24, 2.45) is 0 Å². The minimum atomic E-state index is -3.80. The molecular weight excluding hydrogens is 528 g/mol. The summed E-state index contributed by atoms with van der Waals surface area (Å²) in [6, 6.07) is 9.64. The average Bonchev–Trinajstić information content (AvgIpc) is 2.75. The van der Waals surface area contributed by atoms with Crippen LogP contribution in [-0.2, 0) is 26.2 Å². The Kier molecular flexibility index (Phi) is 10.2. The van der Waals surface area contributed by atoms with Gasteiger partial charge in [0, 0.05) is 40.7 Å². The van der Waals surface area contributed by atoms with Crippen molar-refractivity contribution >= 4 is 50.7 Å². The van der Waals surface area contributed by atoms with Crippen LogP contribution in [-0.4, -0.2) is 49.5 Å². The Morgan fingerprint density at radius 3 is 2.17 bits per heavy atom. The van der Waals surface area contributed by atoms with E-state index in [2.05, 4.69) is 5.32 Å². The number of sulfonamides is 1. The second kappa shape index (κ2) is 12.3. The lowest BCUT2D eigenvalue weighted by Gasteiger charge is -2.32. The van der Waals surface area contributed by atoms with Gasteiger partial charge >= 0.3 is 0 Å². The van der Waals surface area contributed by atoms with Crippen LogP contribution in [0, 0.1) is 5.82 Å². The van der Waals surface area contributed by atoms with Crippen LogP contribution in [0.1, 0.15) is 46.1 Å². The molecule has 2 aromatic carbocycles. The third kappa shape index (κ3) is 8.35. The smallest absolute Gasteiger partial charge is 0.242 e. The number of hydrogen-bond acceptors (Lipinski definition) is 4. The summed E-state index contributed by atoms with van der Waals surface area (Å²) in [6.45, 7) is 6.96. The highest BCUT2D eigenvalue weighted by Crippen LogP contribution is 2.27. The van der Waals surface area contributed by atoms with E-state index in [1.165, 1.54) is 29.2 Å². The number of carbonyl (C=O) groups excluding carboxylic acids is 2. The predicted molar refractivity (Wildman–Crippen MR) is 142 cm³/mol. The van der Waals surface area contributed by atoms with Gasteiger partial charge in [-0.05, 0) is 58.4 Å². The normalized spacial score (nSPS) is 12.7. The Balaban J connectivity index is 2.26. The number of nitrogens with zero attached hydrogens (tertiary/aromatic N) is 2. The van der Waals surface area contributed by atoms with E-state index in [0.717, 1.165) is 10.6 Å². The van der Waals surface area contributed by atoms with Gasteiger partial charge in [0.25, 0.3) is 0 Å². The summed E-state index contributed by atoms with van der Waals surface area (Å²) in [6.07, 6.45) is 0.988. The zero-order valence-corrected chi connectivity index (χ0v) is 23.3. The Labute approximate surface area is 222 Å². The lowest BCUT2D eigenvalue weighted by atomic mass is 10.1. The fourth-order valence-electron chi connectivity index (χ4n) is 3.55. The number of nitrogens with one attached hydrogen (secondary N) is 1. The Bertz CT molecular complexity index is 1180. The number of benzene rings is 2. The van der Waals surface area contributed by atoms with Crippen LogP contribution in [0.3, 0.4) is 0 Å². The maximum Gasteiger partial charge on any atom is 0.242 e. The molecule has 0 aliphatic carbocycles. The molecule has 0 saturated carbocycles. The molecule has 2 aromatic rings. The Morgan fingerprint density at radius 2 is 1.64 bits per heavy atom. The molecule has 0 fully saturated rings. The SMILES string of the molecule is C[C@H](C(=O)NC(C)(C)C)N(Cc1c(Cl)cccc1Cl)C(=O)CCCN(c1ccccc1F)S(C)(=O)=O. The van der Waals surface area contributed by atoms with Gasteiger partial charge in [-0.25, -0.2) is 12.8 Å². The van der Waals surface area contributed by atoms with E-state index in [9.17, 15) is 22.4 Å². The van der Waals surface area contributed by atoms with E-state index < -0.39 is 33.3 Å². The molecule has 7 nitrogen and oxygen atoms in total. The largest absolute Gasteiger partial charge is 0.350 e. The maximum absolute atomic E-state index is 14.3. The van der Waals surface area contributed by atoms with Crippen molar-refractivity contribution in [1.82, 2.24) is 10.2 Å². The van der Waals surface area contributed by atoms with E-state index in [4.69, 9.17) is 23.2 Å². The minimum Gasteiger partial charge on any atom is -0.350 e. The number of rotatable bonds is 10. The second-order valence-electron chi connectivity index (χ2n) is 9.53. The van der Waals surface area contributed by atoms with Gasteiger partial charge < -0.3 is 10.2 Å². The molecule has 0 unspecified atom stereocenters. The first kappa shape index (κ1) is 29.9. The predicted octanol–water partition coefficient (Wildman–Crippen LogP) is 5.01. The summed E-state index contributed by atoms with van der Waals surface area (Å²) in [5.41, 5.74) is -0.114. The maximum atomic E-state index is 14.3. The summed E-state index contributed by atoms with van der Waals surface area (Å²) >= 11 is 12.6. The molecule has 36 heavy (non-hydrogen) atoms. The first-order valence-electron chi connectivity index (χ1n) is 11.4. The summed E-state index contributed by atoms with van der Waals surface area (Å²) < 4.78 is 39.9. The highest BCUT2D eigenvalue weighted by atomic mass is 35.5. The standard InChI is InChI=1S/C25H32Cl2FN3O4S/c1-17(24(33)29-25(2,3)4)30(16-18-19(26)10-8-11-20(18)27)23(32)14-9-15-31(36(5,34)35)22-13-7-6-12-21(22)28/h6-8,10-13,17H,9,14-16H2,1-5H3,(H,29,33)/t17-/m1/s1. The molecule has 11 heteroatoms. The summed E-state index contributed by atoms with van der Waals surface area (Å²) in [7, 11) is -3.80. The molecule has 2 rings (SSSR count). The average molecular weight is 561 g/mol. The molecule has 0 heterocycles. The van der Waals surface area contributed by atoms with Gasteiger partial charge in [-0.1, -0.05) is 41.4 Å². The topological polar surface area (TPSA) is 86.8 Å². The van der Waals surface area contributed by atoms with E-state index in [1.807, 2.05) is 20.8 Å². The monoisotopic (exact) mass is 559 g/mol. The van der Waals surface area contributed by atoms with Gasteiger partial charge in [-0.3, -0.25) is 13.9 Å². The number of amides is 2. The van der Waals surface area contributed by atoms with Gasteiger partial charge in [0.05, 0.1) is 11.9 Å².